The third kappa shape index (κ3) is 3.91. The Labute approximate surface area is 166 Å². The number of pyridine rings is 1. The fraction of sp³-hybridized carbons (Fsp3) is 0.0526. The van der Waals surface area contributed by atoms with Gasteiger partial charge in [0.05, 0.1) is 15.4 Å². The van der Waals surface area contributed by atoms with Gasteiger partial charge in [-0.2, -0.15) is 5.26 Å². The van der Waals surface area contributed by atoms with Crippen LogP contribution in [0, 0.1) is 18.3 Å². The van der Waals surface area contributed by atoms with Gasteiger partial charge in [-0.3, -0.25) is 4.98 Å². The van der Waals surface area contributed by atoms with Crippen molar-refractivity contribution in [2.75, 3.05) is 5.32 Å². The van der Waals surface area contributed by atoms with Gasteiger partial charge < -0.3 is 5.32 Å². The molecule has 0 saturated carbocycles. The number of aromatic nitrogens is 1. The van der Waals surface area contributed by atoms with Gasteiger partial charge in [-0.1, -0.05) is 41.4 Å². The maximum absolute atomic E-state index is 12.8. The summed E-state index contributed by atoms with van der Waals surface area (Å²) in [5.41, 5.74) is 2.16. The van der Waals surface area contributed by atoms with Gasteiger partial charge in [-0.25, -0.2) is 8.42 Å². The summed E-state index contributed by atoms with van der Waals surface area (Å²) in [6, 6.07) is 14.9. The molecular weight excluding hydrogens is 405 g/mol. The number of hydrogen-bond donors (Lipinski definition) is 1. The summed E-state index contributed by atoms with van der Waals surface area (Å²) in [6.07, 6.45) is 1.15. The number of sulfone groups is 1. The average Bonchev–Trinajstić information content (AvgIpc) is 2.61. The lowest BCUT2D eigenvalue weighted by molar-refractivity contribution is 0.603. The third-order valence-electron chi connectivity index (χ3n) is 3.79. The lowest BCUT2D eigenvalue weighted by Gasteiger charge is -2.09. The zero-order valence-electron chi connectivity index (χ0n) is 14.1. The second-order valence-corrected chi connectivity index (χ2v) is 8.40. The maximum Gasteiger partial charge on any atom is 0.219 e. The molecule has 2 aromatic carbocycles. The van der Waals surface area contributed by atoms with Crippen molar-refractivity contribution in [3.63, 3.8) is 0 Å². The first-order chi connectivity index (χ1) is 12.8. The van der Waals surface area contributed by atoms with E-state index in [4.69, 9.17) is 23.2 Å². The molecule has 27 heavy (non-hydrogen) atoms. The van der Waals surface area contributed by atoms with Gasteiger partial charge in [0.25, 0.3) is 0 Å². The molecule has 1 aromatic heterocycles. The van der Waals surface area contributed by atoms with Crippen LogP contribution >= 0.6 is 23.2 Å². The number of fused-ring (bicyclic) bond motifs is 1. The molecule has 0 radical (unpaired) electrons. The fourth-order valence-electron chi connectivity index (χ4n) is 2.55. The first kappa shape index (κ1) is 19.2. The summed E-state index contributed by atoms with van der Waals surface area (Å²) in [5, 5.41) is 13.4. The number of hydrogen-bond acceptors (Lipinski definition) is 5. The molecule has 0 aliphatic heterocycles. The minimum absolute atomic E-state index is 0.0474. The van der Waals surface area contributed by atoms with Crippen LogP contribution < -0.4 is 5.32 Å². The number of nitriles is 1. The topological polar surface area (TPSA) is 82.9 Å². The Morgan fingerprint density at radius 2 is 1.93 bits per heavy atom. The number of benzene rings is 2. The molecule has 3 aromatic rings. The second-order valence-electron chi connectivity index (χ2n) is 5.67. The number of nitrogens with zero attached hydrogens (tertiary/aromatic N) is 2. The van der Waals surface area contributed by atoms with Gasteiger partial charge in [0.1, 0.15) is 6.07 Å². The molecule has 0 bridgehead atoms. The summed E-state index contributed by atoms with van der Waals surface area (Å²) in [5.74, 6) is 0. The zero-order chi connectivity index (χ0) is 19.6. The van der Waals surface area contributed by atoms with E-state index in [1.807, 2.05) is 31.2 Å². The molecule has 1 heterocycles. The first-order valence-corrected chi connectivity index (χ1v) is 10.00. The number of aryl methyl sites for hydroxylation is 1. The molecule has 1 N–H and O–H groups in total. The molecule has 3 rings (SSSR count). The van der Waals surface area contributed by atoms with Crippen LogP contribution in [0.1, 0.15) is 5.69 Å². The average molecular weight is 418 g/mol. The molecule has 0 spiro atoms. The Balaban J connectivity index is 2.04. The van der Waals surface area contributed by atoms with Crippen molar-refractivity contribution in [2.24, 2.45) is 0 Å². The normalized spacial score (nSPS) is 12.0. The highest BCUT2D eigenvalue weighted by atomic mass is 35.5. The van der Waals surface area contributed by atoms with Crippen molar-refractivity contribution in [3.8, 4) is 6.07 Å². The summed E-state index contributed by atoms with van der Waals surface area (Å²) >= 11 is 11.8. The minimum Gasteiger partial charge on any atom is -0.359 e. The highest BCUT2D eigenvalue weighted by molar-refractivity contribution is 7.95. The van der Waals surface area contributed by atoms with Crippen LogP contribution in [0.3, 0.4) is 0 Å². The van der Waals surface area contributed by atoms with Crippen molar-refractivity contribution in [1.82, 2.24) is 4.98 Å². The van der Waals surface area contributed by atoms with Crippen LogP contribution in [-0.2, 0) is 9.84 Å². The fourth-order valence-corrected chi connectivity index (χ4v) is 4.40. The van der Waals surface area contributed by atoms with E-state index in [9.17, 15) is 13.7 Å². The Kier molecular flexibility index (Phi) is 5.38. The van der Waals surface area contributed by atoms with Crippen molar-refractivity contribution in [3.05, 3.63) is 75.4 Å². The van der Waals surface area contributed by atoms with Crippen molar-refractivity contribution in [1.29, 1.82) is 5.26 Å². The lowest BCUT2D eigenvalue weighted by atomic mass is 10.1. The molecular formula is C19H13Cl2N3O2S. The molecule has 0 aliphatic carbocycles. The van der Waals surface area contributed by atoms with E-state index in [1.165, 1.54) is 18.2 Å². The third-order valence-corrected chi connectivity index (χ3v) is 6.17. The Bertz CT molecular complexity index is 1220. The van der Waals surface area contributed by atoms with Crippen LogP contribution in [0.15, 0.2) is 64.5 Å². The Hall–Kier alpha value is -2.59. The van der Waals surface area contributed by atoms with E-state index in [-0.39, 0.29) is 9.92 Å². The number of anilines is 1. The molecule has 0 aliphatic rings. The highest BCUT2D eigenvalue weighted by Gasteiger charge is 2.24. The van der Waals surface area contributed by atoms with Gasteiger partial charge in [-0.05, 0) is 37.3 Å². The van der Waals surface area contributed by atoms with E-state index in [1.54, 1.807) is 12.1 Å². The summed E-state index contributed by atoms with van der Waals surface area (Å²) in [7, 11) is -4.10. The molecule has 0 unspecified atom stereocenters. The SMILES string of the molecule is Cc1cc(N/C=C(/C#N)S(=O)(=O)c2ccc(Cl)cc2Cl)c2ccccc2n1. The molecule has 8 heteroatoms. The number of rotatable bonds is 4. The molecule has 5 nitrogen and oxygen atoms in total. The van der Waals surface area contributed by atoms with E-state index >= 15 is 0 Å². The van der Waals surface area contributed by atoms with E-state index in [2.05, 4.69) is 10.3 Å². The van der Waals surface area contributed by atoms with Gasteiger partial charge >= 0.3 is 0 Å². The number of allylic oxidation sites excluding steroid dienone is 1. The summed E-state index contributed by atoms with van der Waals surface area (Å²) in [4.78, 5) is 3.78. The van der Waals surface area contributed by atoms with Gasteiger partial charge in [-0.15, -0.1) is 0 Å². The minimum atomic E-state index is -4.10. The second kappa shape index (κ2) is 7.57. The number of nitrogens with one attached hydrogen (secondary N) is 1. The smallest absolute Gasteiger partial charge is 0.219 e. The molecule has 0 fully saturated rings. The van der Waals surface area contributed by atoms with Crippen molar-refractivity contribution in [2.45, 2.75) is 11.8 Å². The summed E-state index contributed by atoms with van der Waals surface area (Å²) in [6.45, 7) is 1.83. The highest BCUT2D eigenvalue weighted by Crippen LogP contribution is 2.30. The zero-order valence-corrected chi connectivity index (χ0v) is 16.4. The molecule has 0 atom stereocenters. The first-order valence-electron chi connectivity index (χ1n) is 7.76. The van der Waals surface area contributed by atoms with Crippen LogP contribution in [-0.4, -0.2) is 13.4 Å². The molecule has 136 valence electrons. The van der Waals surface area contributed by atoms with E-state index in [0.717, 1.165) is 22.8 Å². The lowest BCUT2D eigenvalue weighted by Crippen LogP contribution is -2.06. The maximum atomic E-state index is 12.8. The van der Waals surface area contributed by atoms with Crippen LogP contribution in [0.5, 0.6) is 0 Å². The van der Waals surface area contributed by atoms with E-state index < -0.39 is 14.7 Å². The predicted octanol–water partition coefficient (Wildman–Crippen LogP) is 5.10. The Morgan fingerprint density at radius 3 is 2.63 bits per heavy atom. The van der Waals surface area contributed by atoms with E-state index in [0.29, 0.717) is 10.7 Å². The Morgan fingerprint density at radius 1 is 1.19 bits per heavy atom. The summed E-state index contributed by atoms with van der Waals surface area (Å²) < 4.78 is 25.6. The largest absolute Gasteiger partial charge is 0.359 e. The van der Waals surface area contributed by atoms with Gasteiger partial charge in [0.2, 0.25) is 9.84 Å². The van der Waals surface area contributed by atoms with Crippen molar-refractivity contribution >= 4 is 49.6 Å². The van der Waals surface area contributed by atoms with Crippen LogP contribution in [0.4, 0.5) is 5.69 Å². The predicted molar refractivity (Wildman–Crippen MR) is 107 cm³/mol. The van der Waals surface area contributed by atoms with Crippen LogP contribution in [0.2, 0.25) is 10.0 Å². The van der Waals surface area contributed by atoms with Gasteiger partial charge in [0, 0.05) is 28.0 Å². The standard InChI is InChI=1S/C19H13Cl2N3O2S/c1-12-8-18(15-4-2-3-5-17(15)24-12)23-11-14(10-22)27(25,26)19-7-6-13(20)9-16(19)21/h2-9,11H,1H3,(H,23,24)/b14-11-. The quantitative estimate of drug-likeness (QED) is 0.596. The number of halogens is 2. The monoisotopic (exact) mass is 417 g/mol. The number of para-hydroxylation sites is 1. The van der Waals surface area contributed by atoms with Gasteiger partial charge in [0.15, 0.2) is 4.91 Å². The molecule has 0 amide bonds. The van der Waals surface area contributed by atoms with Crippen LogP contribution in [0.25, 0.3) is 10.9 Å². The van der Waals surface area contributed by atoms with Crippen molar-refractivity contribution < 1.29 is 8.42 Å². The molecule has 0 saturated heterocycles.